The number of anilines is 1. The van der Waals surface area contributed by atoms with Gasteiger partial charge in [0.15, 0.2) is 0 Å². The number of morpholine rings is 2. The van der Waals surface area contributed by atoms with Crippen LogP contribution in [0.5, 0.6) is 0 Å². The number of carbonyl (C=O) groups excluding carboxylic acids is 1. The van der Waals surface area contributed by atoms with Crippen LogP contribution < -0.4 is 4.90 Å². The molecule has 1 unspecified atom stereocenters. The lowest BCUT2D eigenvalue weighted by molar-refractivity contribution is -0.384. The maximum absolute atomic E-state index is 12.8. The van der Waals surface area contributed by atoms with Crippen molar-refractivity contribution in [3.63, 3.8) is 0 Å². The van der Waals surface area contributed by atoms with E-state index < -0.39 is 10.5 Å². The fourth-order valence-corrected chi connectivity index (χ4v) is 4.06. The Labute approximate surface area is 175 Å². The highest BCUT2D eigenvalue weighted by Crippen LogP contribution is 2.36. The molecule has 1 amide bonds. The zero-order chi connectivity index (χ0) is 21.1. The molecule has 2 aliphatic heterocycles. The molecule has 2 aliphatic rings. The Morgan fingerprint density at radius 3 is 2.50 bits per heavy atom. The Bertz CT molecular complexity index is 930. The molecule has 2 fully saturated rings. The summed E-state index contributed by atoms with van der Waals surface area (Å²) in [6.07, 6.45) is 0. The number of hydrogen-bond acceptors (Lipinski definition) is 6. The number of nitrogens with zero attached hydrogens (tertiary/aromatic N) is 3. The van der Waals surface area contributed by atoms with E-state index in [4.69, 9.17) is 9.47 Å². The highest BCUT2D eigenvalue weighted by Gasteiger charge is 2.36. The molecule has 158 valence electrons. The second-order valence-electron chi connectivity index (χ2n) is 7.73. The Balaban J connectivity index is 1.62. The second kappa shape index (κ2) is 8.41. The number of ether oxygens (including phenoxy) is 2. The van der Waals surface area contributed by atoms with E-state index >= 15 is 0 Å². The lowest BCUT2D eigenvalue weighted by Crippen LogP contribution is -2.48. The molecule has 0 N–H and O–H groups in total. The highest BCUT2D eigenvalue weighted by molar-refractivity contribution is 5.96. The molecular weight excluding hydrogens is 386 g/mol. The van der Waals surface area contributed by atoms with Crippen molar-refractivity contribution in [2.45, 2.75) is 12.5 Å². The average molecular weight is 411 g/mol. The van der Waals surface area contributed by atoms with Crippen LogP contribution in [0.4, 0.5) is 11.4 Å². The van der Waals surface area contributed by atoms with E-state index in [0.717, 1.165) is 5.56 Å². The molecule has 0 spiro atoms. The van der Waals surface area contributed by atoms with Gasteiger partial charge in [0.1, 0.15) is 11.3 Å². The number of carbonyl (C=O) groups is 1. The molecular formula is C22H25N3O5. The van der Waals surface area contributed by atoms with Gasteiger partial charge in [-0.25, -0.2) is 0 Å². The summed E-state index contributed by atoms with van der Waals surface area (Å²) in [5, 5.41) is 11.8. The summed E-state index contributed by atoms with van der Waals surface area (Å²) in [5.41, 5.74) is 1.22. The molecule has 0 saturated carbocycles. The lowest BCUT2D eigenvalue weighted by atomic mass is 9.93. The third-order valence-corrected chi connectivity index (χ3v) is 5.72. The quantitative estimate of drug-likeness (QED) is 0.568. The minimum atomic E-state index is -0.574. The molecule has 4 rings (SSSR count). The van der Waals surface area contributed by atoms with E-state index in [0.29, 0.717) is 57.3 Å². The van der Waals surface area contributed by atoms with E-state index in [1.807, 2.05) is 42.2 Å². The van der Waals surface area contributed by atoms with Gasteiger partial charge in [-0.3, -0.25) is 14.9 Å². The van der Waals surface area contributed by atoms with Crippen LogP contribution in [0.3, 0.4) is 0 Å². The SMILES string of the molecule is CC1(c2ccccc2)CN(c2ccc(C(=O)N3CCOCC3)cc2[N+](=O)[O-])CCO1. The molecule has 2 aromatic rings. The van der Waals surface area contributed by atoms with Gasteiger partial charge < -0.3 is 19.3 Å². The van der Waals surface area contributed by atoms with Crippen molar-refractivity contribution in [2.24, 2.45) is 0 Å². The summed E-state index contributed by atoms with van der Waals surface area (Å²) in [4.78, 5) is 27.8. The first-order chi connectivity index (χ1) is 14.5. The third kappa shape index (κ3) is 4.01. The fraction of sp³-hybridized carbons (Fsp3) is 0.409. The number of amides is 1. The Hall–Kier alpha value is -2.97. The summed E-state index contributed by atoms with van der Waals surface area (Å²) in [5.74, 6) is -0.205. The van der Waals surface area contributed by atoms with Crippen molar-refractivity contribution in [3.05, 3.63) is 69.8 Å². The summed E-state index contributed by atoms with van der Waals surface area (Å²) in [6.45, 7) is 5.43. The summed E-state index contributed by atoms with van der Waals surface area (Å²) >= 11 is 0. The minimum Gasteiger partial charge on any atom is -0.378 e. The Kier molecular flexibility index (Phi) is 5.69. The van der Waals surface area contributed by atoms with Crippen molar-refractivity contribution in [1.29, 1.82) is 0 Å². The van der Waals surface area contributed by atoms with Crippen LogP contribution in [0.15, 0.2) is 48.5 Å². The summed E-state index contributed by atoms with van der Waals surface area (Å²) in [7, 11) is 0. The van der Waals surface area contributed by atoms with Gasteiger partial charge in [-0.05, 0) is 24.6 Å². The molecule has 1 atom stereocenters. The fourth-order valence-electron chi connectivity index (χ4n) is 4.06. The van der Waals surface area contributed by atoms with Crippen molar-refractivity contribution >= 4 is 17.3 Å². The number of benzene rings is 2. The molecule has 0 aliphatic carbocycles. The van der Waals surface area contributed by atoms with Crippen LogP contribution in [0.1, 0.15) is 22.8 Å². The van der Waals surface area contributed by atoms with Gasteiger partial charge in [0.05, 0.1) is 31.3 Å². The predicted octanol–water partition coefficient (Wildman–Crippen LogP) is 2.82. The van der Waals surface area contributed by atoms with Crippen LogP contribution >= 0.6 is 0 Å². The molecule has 30 heavy (non-hydrogen) atoms. The van der Waals surface area contributed by atoms with Crippen molar-refractivity contribution in [1.82, 2.24) is 4.90 Å². The van der Waals surface area contributed by atoms with Gasteiger partial charge >= 0.3 is 0 Å². The Morgan fingerprint density at radius 1 is 1.07 bits per heavy atom. The zero-order valence-electron chi connectivity index (χ0n) is 17.0. The molecule has 2 saturated heterocycles. The molecule has 8 nitrogen and oxygen atoms in total. The number of rotatable bonds is 4. The number of nitro groups is 1. The van der Waals surface area contributed by atoms with E-state index in [1.165, 1.54) is 6.07 Å². The molecule has 0 radical (unpaired) electrons. The highest BCUT2D eigenvalue weighted by atomic mass is 16.6. The van der Waals surface area contributed by atoms with Crippen molar-refractivity contribution in [3.8, 4) is 0 Å². The minimum absolute atomic E-state index is 0.0635. The summed E-state index contributed by atoms with van der Waals surface area (Å²) in [6, 6.07) is 14.6. The molecule has 2 aromatic carbocycles. The van der Waals surface area contributed by atoms with Crippen LogP contribution in [0, 0.1) is 10.1 Å². The van der Waals surface area contributed by atoms with Gasteiger partial charge in [0, 0.05) is 31.3 Å². The van der Waals surface area contributed by atoms with Gasteiger partial charge in [-0.2, -0.15) is 0 Å². The standard InChI is InChI=1S/C22H25N3O5/c1-22(18-5-3-2-4-6-18)16-24(11-14-30-22)19-8-7-17(15-20(19)25(27)28)21(26)23-9-12-29-13-10-23/h2-8,15H,9-14,16H2,1H3. The molecule has 0 bridgehead atoms. The third-order valence-electron chi connectivity index (χ3n) is 5.72. The first kappa shape index (κ1) is 20.3. The van der Waals surface area contributed by atoms with Crippen LogP contribution in [-0.2, 0) is 15.1 Å². The first-order valence-corrected chi connectivity index (χ1v) is 10.1. The van der Waals surface area contributed by atoms with E-state index in [2.05, 4.69) is 0 Å². The molecule has 0 aromatic heterocycles. The maximum atomic E-state index is 12.8. The largest absolute Gasteiger partial charge is 0.378 e. The number of hydrogen-bond donors (Lipinski definition) is 0. The van der Waals surface area contributed by atoms with Gasteiger partial charge in [-0.1, -0.05) is 30.3 Å². The topological polar surface area (TPSA) is 85.2 Å². The Morgan fingerprint density at radius 2 is 1.80 bits per heavy atom. The van der Waals surface area contributed by atoms with E-state index in [-0.39, 0.29) is 11.6 Å². The van der Waals surface area contributed by atoms with Crippen LogP contribution in [-0.4, -0.2) is 61.7 Å². The first-order valence-electron chi connectivity index (χ1n) is 10.1. The van der Waals surface area contributed by atoms with Gasteiger partial charge in [0.2, 0.25) is 0 Å². The smallest absolute Gasteiger partial charge is 0.293 e. The van der Waals surface area contributed by atoms with Crippen molar-refractivity contribution < 1.29 is 19.2 Å². The van der Waals surface area contributed by atoms with Gasteiger partial charge in [-0.15, -0.1) is 0 Å². The molecule has 2 heterocycles. The lowest BCUT2D eigenvalue weighted by Gasteiger charge is -2.41. The zero-order valence-corrected chi connectivity index (χ0v) is 17.0. The normalized spacial score (nSPS) is 22.0. The van der Waals surface area contributed by atoms with Gasteiger partial charge in [0.25, 0.3) is 11.6 Å². The monoisotopic (exact) mass is 411 g/mol. The average Bonchev–Trinajstić information content (AvgIpc) is 2.79. The molecule has 8 heteroatoms. The second-order valence-corrected chi connectivity index (χ2v) is 7.73. The maximum Gasteiger partial charge on any atom is 0.293 e. The van der Waals surface area contributed by atoms with Crippen molar-refractivity contribution in [2.75, 3.05) is 50.9 Å². The predicted molar refractivity (Wildman–Crippen MR) is 112 cm³/mol. The van der Waals surface area contributed by atoms with Crippen LogP contribution in [0.25, 0.3) is 0 Å². The van der Waals surface area contributed by atoms with Crippen LogP contribution in [0.2, 0.25) is 0 Å². The van der Waals surface area contributed by atoms with E-state index in [1.54, 1.807) is 17.0 Å². The number of nitro benzene ring substituents is 1. The van der Waals surface area contributed by atoms with E-state index in [9.17, 15) is 14.9 Å². The summed E-state index contributed by atoms with van der Waals surface area (Å²) < 4.78 is 11.3.